The molecule has 1 aromatic heterocycles. The summed E-state index contributed by atoms with van der Waals surface area (Å²) in [7, 11) is 2.21. The number of hydrogen-bond acceptors (Lipinski definition) is 3. The fourth-order valence-electron chi connectivity index (χ4n) is 3.55. The second kappa shape index (κ2) is 4.98. The third-order valence-electron chi connectivity index (χ3n) is 4.89. The van der Waals surface area contributed by atoms with Crippen molar-refractivity contribution in [1.29, 1.82) is 0 Å². The molecule has 1 fully saturated rings. The lowest BCUT2D eigenvalue weighted by Gasteiger charge is -2.48. The van der Waals surface area contributed by atoms with Crippen LogP contribution in [-0.2, 0) is 6.54 Å². The molecular formula is C15H25N3. The quantitative estimate of drug-likeness (QED) is 0.888. The van der Waals surface area contributed by atoms with E-state index in [4.69, 9.17) is 5.73 Å². The van der Waals surface area contributed by atoms with E-state index >= 15 is 0 Å². The molecule has 100 valence electrons. The summed E-state index contributed by atoms with van der Waals surface area (Å²) >= 11 is 0. The monoisotopic (exact) mass is 247 g/mol. The van der Waals surface area contributed by atoms with Gasteiger partial charge in [-0.3, -0.25) is 9.88 Å². The maximum atomic E-state index is 6.14. The Hall–Kier alpha value is -0.930. The number of rotatable bonds is 4. The molecule has 0 aliphatic heterocycles. The van der Waals surface area contributed by atoms with Gasteiger partial charge in [-0.05, 0) is 43.0 Å². The van der Waals surface area contributed by atoms with E-state index in [2.05, 4.69) is 42.9 Å². The number of hydrogen-bond donors (Lipinski definition) is 1. The number of nitrogens with zero attached hydrogens (tertiary/aromatic N) is 2. The molecule has 1 aliphatic carbocycles. The van der Waals surface area contributed by atoms with Gasteiger partial charge in [0.05, 0.1) is 0 Å². The maximum Gasteiger partial charge on any atom is 0.0383 e. The second-order valence-electron chi connectivity index (χ2n) is 6.18. The van der Waals surface area contributed by atoms with Crippen LogP contribution in [0.2, 0.25) is 0 Å². The minimum Gasteiger partial charge on any atom is -0.329 e. The van der Waals surface area contributed by atoms with Gasteiger partial charge in [-0.1, -0.05) is 20.3 Å². The molecule has 3 nitrogen and oxygen atoms in total. The van der Waals surface area contributed by atoms with Gasteiger partial charge in [-0.2, -0.15) is 0 Å². The first-order chi connectivity index (χ1) is 8.52. The van der Waals surface area contributed by atoms with E-state index < -0.39 is 0 Å². The zero-order valence-corrected chi connectivity index (χ0v) is 11.8. The molecule has 2 rings (SSSR count). The summed E-state index contributed by atoms with van der Waals surface area (Å²) in [6.07, 6.45) is 7.48. The molecule has 2 N–H and O–H groups in total. The van der Waals surface area contributed by atoms with Crippen LogP contribution in [0.3, 0.4) is 0 Å². The van der Waals surface area contributed by atoms with Crippen LogP contribution in [0.5, 0.6) is 0 Å². The minimum absolute atomic E-state index is 0.135. The van der Waals surface area contributed by atoms with Crippen molar-refractivity contribution in [2.24, 2.45) is 11.1 Å². The van der Waals surface area contributed by atoms with Crippen molar-refractivity contribution in [2.75, 3.05) is 13.6 Å². The summed E-state index contributed by atoms with van der Waals surface area (Å²) in [6, 6.07) is 4.17. The van der Waals surface area contributed by atoms with Crippen molar-refractivity contribution >= 4 is 0 Å². The molecule has 0 aromatic carbocycles. The highest BCUT2D eigenvalue weighted by Crippen LogP contribution is 2.48. The SMILES string of the molecule is CN(Cc1ccncc1)C1(CN)CCCC1(C)C. The van der Waals surface area contributed by atoms with E-state index in [0.29, 0.717) is 5.41 Å². The van der Waals surface area contributed by atoms with Crippen molar-refractivity contribution < 1.29 is 0 Å². The average Bonchev–Trinajstić information content (AvgIpc) is 2.66. The molecule has 3 heteroatoms. The molecule has 1 aliphatic rings. The molecule has 0 amide bonds. The van der Waals surface area contributed by atoms with Crippen LogP contribution in [0.4, 0.5) is 0 Å². The predicted molar refractivity (Wildman–Crippen MR) is 75.1 cm³/mol. The van der Waals surface area contributed by atoms with Crippen molar-refractivity contribution in [3.05, 3.63) is 30.1 Å². The Morgan fingerprint density at radius 1 is 1.28 bits per heavy atom. The topological polar surface area (TPSA) is 42.2 Å². The standard InChI is InChI=1S/C15H25N3/c1-14(2)7-4-8-15(14,12-16)18(3)11-13-5-9-17-10-6-13/h5-6,9-10H,4,7-8,11-12,16H2,1-3H3. The Balaban J connectivity index is 2.18. The zero-order chi connectivity index (χ0) is 13.2. The van der Waals surface area contributed by atoms with E-state index in [1.165, 1.54) is 24.8 Å². The van der Waals surface area contributed by atoms with Crippen LogP contribution < -0.4 is 5.73 Å². The molecule has 18 heavy (non-hydrogen) atoms. The molecule has 1 atom stereocenters. The number of aromatic nitrogens is 1. The van der Waals surface area contributed by atoms with Gasteiger partial charge in [0.15, 0.2) is 0 Å². The predicted octanol–water partition coefficient (Wildman–Crippen LogP) is 2.42. The van der Waals surface area contributed by atoms with E-state index in [0.717, 1.165) is 13.1 Å². The summed E-state index contributed by atoms with van der Waals surface area (Å²) in [5.74, 6) is 0. The maximum absolute atomic E-state index is 6.14. The first-order valence-electron chi connectivity index (χ1n) is 6.82. The Kier molecular flexibility index (Phi) is 3.74. The summed E-state index contributed by atoms with van der Waals surface area (Å²) in [4.78, 5) is 6.53. The Bertz CT molecular complexity index is 388. The molecule has 1 aromatic rings. The van der Waals surface area contributed by atoms with Crippen LogP contribution in [0, 0.1) is 5.41 Å². The number of pyridine rings is 1. The van der Waals surface area contributed by atoms with E-state index in [9.17, 15) is 0 Å². The lowest BCUT2D eigenvalue weighted by atomic mass is 9.73. The number of likely N-dealkylation sites (N-methyl/N-ethyl adjacent to an activating group) is 1. The first kappa shape index (κ1) is 13.5. The highest BCUT2D eigenvalue weighted by atomic mass is 15.2. The van der Waals surface area contributed by atoms with E-state index in [-0.39, 0.29) is 5.54 Å². The van der Waals surface area contributed by atoms with Crippen molar-refractivity contribution in [1.82, 2.24) is 9.88 Å². The van der Waals surface area contributed by atoms with Gasteiger partial charge < -0.3 is 5.73 Å². The molecule has 1 heterocycles. The molecular weight excluding hydrogens is 222 g/mol. The van der Waals surface area contributed by atoms with Gasteiger partial charge in [0.1, 0.15) is 0 Å². The highest BCUT2D eigenvalue weighted by Gasteiger charge is 2.50. The summed E-state index contributed by atoms with van der Waals surface area (Å²) < 4.78 is 0. The van der Waals surface area contributed by atoms with E-state index in [1.807, 2.05) is 12.4 Å². The van der Waals surface area contributed by atoms with Crippen molar-refractivity contribution in [2.45, 2.75) is 45.2 Å². The van der Waals surface area contributed by atoms with E-state index in [1.54, 1.807) is 0 Å². The smallest absolute Gasteiger partial charge is 0.0383 e. The average molecular weight is 247 g/mol. The van der Waals surface area contributed by atoms with Gasteiger partial charge in [-0.15, -0.1) is 0 Å². The van der Waals surface area contributed by atoms with Crippen molar-refractivity contribution in [3.8, 4) is 0 Å². The highest BCUT2D eigenvalue weighted by molar-refractivity contribution is 5.13. The molecule has 0 bridgehead atoms. The van der Waals surface area contributed by atoms with Gasteiger partial charge in [0.2, 0.25) is 0 Å². The molecule has 1 unspecified atom stereocenters. The Morgan fingerprint density at radius 3 is 2.44 bits per heavy atom. The molecule has 1 saturated carbocycles. The lowest BCUT2D eigenvalue weighted by molar-refractivity contribution is 0.0276. The van der Waals surface area contributed by atoms with Gasteiger partial charge in [0.25, 0.3) is 0 Å². The Morgan fingerprint density at radius 2 is 1.94 bits per heavy atom. The first-order valence-corrected chi connectivity index (χ1v) is 6.82. The van der Waals surface area contributed by atoms with Crippen LogP contribution in [-0.4, -0.2) is 29.0 Å². The lowest BCUT2D eigenvalue weighted by Crippen LogP contribution is -2.57. The molecule has 0 saturated heterocycles. The fraction of sp³-hybridized carbons (Fsp3) is 0.667. The fourth-order valence-corrected chi connectivity index (χ4v) is 3.55. The van der Waals surface area contributed by atoms with Gasteiger partial charge in [0, 0.05) is 31.0 Å². The Labute approximate surface area is 110 Å². The minimum atomic E-state index is 0.135. The molecule has 0 radical (unpaired) electrons. The summed E-state index contributed by atoms with van der Waals surface area (Å²) in [6.45, 7) is 6.40. The molecule has 0 spiro atoms. The van der Waals surface area contributed by atoms with Crippen LogP contribution in [0.25, 0.3) is 0 Å². The summed E-state index contributed by atoms with van der Waals surface area (Å²) in [5, 5.41) is 0. The normalized spacial score (nSPS) is 26.7. The van der Waals surface area contributed by atoms with Gasteiger partial charge in [-0.25, -0.2) is 0 Å². The van der Waals surface area contributed by atoms with Gasteiger partial charge >= 0.3 is 0 Å². The second-order valence-corrected chi connectivity index (χ2v) is 6.18. The van der Waals surface area contributed by atoms with Crippen LogP contribution >= 0.6 is 0 Å². The summed E-state index contributed by atoms with van der Waals surface area (Å²) in [5.41, 5.74) is 7.88. The van der Waals surface area contributed by atoms with Crippen LogP contribution in [0.1, 0.15) is 38.7 Å². The van der Waals surface area contributed by atoms with Crippen molar-refractivity contribution in [3.63, 3.8) is 0 Å². The number of nitrogens with two attached hydrogens (primary N) is 1. The largest absolute Gasteiger partial charge is 0.329 e. The third kappa shape index (κ3) is 2.17. The zero-order valence-electron chi connectivity index (χ0n) is 11.8. The van der Waals surface area contributed by atoms with Crippen LogP contribution in [0.15, 0.2) is 24.5 Å². The third-order valence-corrected chi connectivity index (χ3v) is 4.89.